The molecule has 0 aliphatic carbocycles. The van der Waals surface area contributed by atoms with Gasteiger partial charge in [-0.05, 0) is 65.5 Å². The second-order valence-electron chi connectivity index (χ2n) is 6.81. The third kappa shape index (κ3) is 9.22. The number of aliphatic hydroxyl groups is 1. The largest absolute Gasteiger partial charge is 0.390 e. The molecule has 0 unspecified atom stereocenters. The summed E-state index contributed by atoms with van der Waals surface area (Å²) in [6.07, 6.45) is 6.80. The lowest BCUT2D eigenvalue weighted by Crippen LogP contribution is -2.20. The summed E-state index contributed by atoms with van der Waals surface area (Å²) in [6.45, 7) is 10.4. The molecule has 0 saturated heterocycles. The third-order valence-electron chi connectivity index (χ3n) is 3.90. The Morgan fingerprint density at radius 1 is 1.29 bits per heavy atom. The average Bonchev–Trinajstić information content (AvgIpc) is 2.78. The molecule has 122 valence electrons. The van der Waals surface area contributed by atoms with Gasteiger partial charge >= 0.3 is 0 Å². The number of aromatic nitrogens is 1. The first-order chi connectivity index (χ1) is 9.88. The summed E-state index contributed by atoms with van der Waals surface area (Å²) < 4.78 is 0. The van der Waals surface area contributed by atoms with Crippen molar-refractivity contribution in [3.05, 3.63) is 16.1 Å². The Hall–Kier alpha value is -0.450. The minimum Gasteiger partial charge on any atom is -0.390 e. The van der Waals surface area contributed by atoms with Crippen molar-refractivity contribution < 1.29 is 5.11 Å². The maximum atomic E-state index is 9.69. The van der Waals surface area contributed by atoms with Crippen molar-refractivity contribution in [2.24, 2.45) is 5.92 Å². The second-order valence-corrected chi connectivity index (χ2v) is 7.75. The number of nitrogens with one attached hydrogen (secondary N) is 1. The summed E-state index contributed by atoms with van der Waals surface area (Å²) >= 11 is 1.77. The number of nitrogens with zero attached hydrogens (tertiary/aromatic N) is 1. The van der Waals surface area contributed by atoms with E-state index in [1.165, 1.54) is 29.8 Å². The van der Waals surface area contributed by atoms with E-state index < -0.39 is 5.60 Å². The van der Waals surface area contributed by atoms with Crippen LogP contribution in [0.15, 0.2) is 5.51 Å². The quantitative estimate of drug-likeness (QED) is 0.608. The van der Waals surface area contributed by atoms with Crippen molar-refractivity contribution in [2.75, 3.05) is 13.1 Å². The van der Waals surface area contributed by atoms with Crippen LogP contribution in [0.4, 0.5) is 0 Å². The van der Waals surface area contributed by atoms with Gasteiger partial charge in [0.15, 0.2) is 0 Å². The fraction of sp³-hybridized carbons (Fsp3) is 0.824. The molecule has 1 rings (SSSR count). The Morgan fingerprint density at radius 2 is 2.05 bits per heavy atom. The van der Waals surface area contributed by atoms with E-state index in [2.05, 4.69) is 24.1 Å². The summed E-state index contributed by atoms with van der Waals surface area (Å²) in [5, 5.41) is 13.2. The molecular formula is C17H32N2OS. The van der Waals surface area contributed by atoms with Gasteiger partial charge in [-0.2, -0.15) is 0 Å². The van der Waals surface area contributed by atoms with Gasteiger partial charge in [0, 0.05) is 4.88 Å². The van der Waals surface area contributed by atoms with Crippen LogP contribution in [0.3, 0.4) is 0 Å². The van der Waals surface area contributed by atoms with E-state index in [9.17, 15) is 5.11 Å². The second kappa shape index (κ2) is 9.54. The van der Waals surface area contributed by atoms with Crippen LogP contribution in [-0.4, -0.2) is 28.8 Å². The predicted molar refractivity (Wildman–Crippen MR) is 92.0 cm³/mol. The fourth-order valence-electron chi connectivity index (χ4n) is 2.44. The number of thiazole rings is 1. The van der Waals surface area contributed by atoms with Crippen LogP contribution in [-0.2, 0) is 6.42 Å². The van der Waals surface area contributed by atoms with Gasteiger partial charge in [0.2, 0.25) is 0 Å². The Morgan fingerprint density at radius 3 is 2.67 bits per heavy atom. The van der Waals surface area contributed by atoms with Crippen molar-refractivity contribution in [1.82, 2.24) is 10.3 Å². The number of hydrogen-bond donors (Lipinski definition) is 2. The maximum absolute atomic E-state index is 9.69. The molecule has 0 fully saturated rings. The van der Waals surface area contributed by atoms with Gasteiger partial charge in [-0.1, -0.05) is 19.8 Å². The summed E-state index contributed by atoms with van der Waals surface area (Å²) in [7, 11) is 0. The molecule has 0 radical (unpaired) electrons. The first-order valence-electron chi connectivity index (χ1n) is 8.20. The maximum Gasteiger partial charge on any atom is 0.0797 e. The zero-order chi connectivity index (χ0) is 15.7. The average molecular weight is 313 g/mol. The molecule has 1 aromatic heterocycles. The van der Waals surface area contributed by atoms with Gasteiger partial charge in [0.1, 0.15) is 0 Å². The molecular weight excluding hydrogens is 280 g/mol. The van der Waals surface area contributed by atoms with Gasteiger partial charge in [0.25, 0.3) is 0 Å². The van der Waals surface area contributed by atoms with Gasteiger partial charge < -0.3 is 10.4 Å². The Labute approximate surface area is 134 Å². The highest BCUT2D eigenvalue weighted by Crippen LogP contribution is 2.17. The van der Waals surface area contributed by atoms with E-state index in [0.29, 0.717) is 0 Å². The smallest absolute Gasteiger partial charge is 0.0797 e. The van der Waals surface area contributed by atoms with Crippen LogP contribution in [0, 0.1) is 12.8 Å². The van der Waals surface area contributed by atoms with E-state index in [1.807, 2.05) is 19.4 Å². The fourth-order valence-corrected chi connectivity index (χ4v) is 3.26. The lowest BCUT2D eigenvalue weighted by molar-refractivity contribution is 0.0669. The molecule has 1 aromatic rings. The van der Waals surface area contributed by atoms with Crippen LogP contribution in [0.5, 0.6) is 0 Å². The Bertz CT molecular complexity index is 384. The van der Waals surface area contributed by atoms with E-state index in [-0.39, 0.29) is 0 Å². The van der Waals surface area contributed by atoms with Crippen LogP contribution in [0.2, 0.25) is 0 Å². The number of aryl methyl sites for hydroxylation is 2. The van der Waals surface area contributed by atoms with Crippen LogP contribution < -0.4 is 5.32 Å². The molecule has 0 bridgehead atoms. The molecule has 0 aliphatic rings. The van der Waals surface area contributed by atoms with Gasteiger partial charge in [0.05, 0.1) is 16.8 Å². The lowest BCUT2D eigenvalue weighted by Gasteiger charge is -2.18. The van der Waals surface area contributed by atoms with Crippen LogP contribution in [0.25, 0.3) is 0 Å². The van der Waals surface area contributed by atoms with Crippen LogP contribution in [0.1, 0.15) is 63.4 Å². The Balaban J connectivity index is 1.95. The van der Waals surface area contributed by atoms with Gasteiger partial charge in [-0.3, -0.25) is 0 Å². The van der Waals surface area contributed by atoms with Gasteiger partial charge in [-0.15, -0.1) is 11.3 Å². The monoisotopic (exact) mass is 312 g/mol. The van der Waals surface area contributed by atoms with Crippen molar-refractivity contribution in [1.29, 1.82) is 0 Å². The highest BCUT2D eigenvalue weighted by Gasteiger charge is 2.12. The van der Waals surface area contributed by atoms with E-state index in [4.69, 9.17) is 0 Å². The number of hydrogen-bond acceptors (Lipinski definition) is 4. The zero-order valence-electron chi connectivity index (χ0n) is 14.1. The standard InChI is InChI=1S/C17H32N2OS/c1-14(7-5-10-17(3,4)20)9-12-18-11-6-8-16-15(2)19-13-21-16/h13-14,18,20H,5-12H2,1-4H3/t14-/m1/s1. The molecule has 2 N–H and O–H groups in total. The minimum atomic E-state index is -0.507. The van der Waals surface area contributed by atoms with Crippen molar-refractivity contribution in [3.63, 3.8) is 0 Å². The highest BCUT2D eigenvalue weighted by molar-refractivity contribution is 7.09. The zero-order valence-corrected chi connectivity index (χ0v) is 14.9. The molecule has 0 saturated carbocycles. The minimum absolute atomic E-state index is 0.507. The molecule has 21 heavy (non-hydrogen) atoms. The molecule has 0 spiro atoms. The molecule has 3 nitrogen and oxygen atoms in total. The molecule has 0 amide bonds. The van der Waals surface area contributed by atoms with Crippen molar-refractivity contribution >= 4 is 11.3 Å². The molecule has 0 aromatic carbocycles. The number of rotatable bonds is 11. The molecule has 1 atom stereocenters. The summed E-state index contributed by atoms with van der Waals surface area (Å²) in [5.41, 5.74) is 2.63. The SMILES string of the molecule is Cc1ncsc1CCCNCC[C@H](C)CCCC(C)(C)O. The van der Waals surface area contributed by atoms with Crippen LogP contribution >= 0.6 is 11.3 Å². The first kappa shape index (κ1) is 18.6. The lowest BCUT2D eigenvalue weighted by atomic mass is 9.95. The third-order valence-corrected chi connectivity index (χ3v) is 4.90. The van der Waals surface area contributed by atoms with E-state index in [0.717, 1.165) is 38.3 Å². The molecule has 4 heteroatoms. The predicted octanol–water partition coefficient (Wildman–Crippen LogP) is 3.94. The highest BCUT2D eigenvalue weighted by atomic mass is 32.1. The van der Waals surface area contributed by atoms with E-state index >= 15 is 0 Å². The summed E-state index contributed by atoms with van der Waals surface area (Å²) in [6, 6.07) is 0. The van der Waals surface area contributed by atoms with E-state index in [1.54, 1.807) is 11.3 Å². The normalized spacial score (nSPS) is 13.6. The summed E-state index contributed by atoms with van der Waals surface area (Å²) in [4.78, 5) is 5.71. The van der Waals surface area contributed by atoms with Crippen molar-refractivity contribution in [3.8, 4) is 0 Å². The first-order valence-corrected chi connectivity index (χ1v) is 9.08. The van der Waals surface area contributed by atoms with Gasteiger partial charge in [-0.25, -0.2) is 4.98 Å². The Kier molecular flexibility index (Phi) is 8.45. The topological polar surface area (TPSA) is 45.2 Å². The molecule has 0 aliphatic heterocycles. The van der Waals surface area contributed by atoms with Crippen molar-refractivity contribution in [2.45, 2.75) is 71.8 Å². The summed E-state index contributed by atoms with van der Waals surface area (Å²) in [5.74, 6) is 0.739. The molecule has 1 heterocycles.